The Morgan fingerprint density at radius 3 is 2.48 bits per heavy atom. The van der Waals surface area contributed by atoms with Crippen molar-refractivity contribution in [3.63, 3.8) is 0 Å². The van der Waals surface area contributed by atoms with E-state index in [1.807, 2.05) is 30.3 Å². The number of carbonyl (C=O) groups excluding carboxylic acids is 2. The molecule has 0 fully saturated rings. The summed E-state index contributed by atoms with van der Waals surface area (Å²) in [7, 11) is 1.66. The van der Waals surface area contributed by atoms with Crippen LogP contribution in [-0.2, 0) is 11.3 Å². The monoisotopic (exact) mass is 342 g/mol. The molecule has 0 saturated heterocycles. The van der Waals surface area contributed by atoms with Gasteiger partial charge in [0.15, 0.2) is 0 Å². The molecule has 6 heteroatoms. The Balaban J connectivity index is 1.94. The van der Waals surface area contributed by atoms with Crippen LogP contribution in [0.1, 0.15) is 19.4 Å². The highest BCUT2D eigenvalue weighted by atomic mass is 16.6. The number of ether oxygens (including phenoxy) is 2. The van der Waals surface area contributed by atoms with Gasteiger partial charge in [-0.25, -0.2) is 9.59 Å². The molecule has 2 aromatic carbocycles. The van der Waals surface area contributed by atoms with Gasteiger partial charge in [0.2, 0.25) is 0 Å². The summed E-state index contributed by atoms with van der Waals surface area (Å²) in [5.41, 5.74) is 1.50. The number of nitrogens with zero attached hydrogens (tertiary/aromatic N) is 1. The van der Waals surface area contributed by atoms with Crippen LogP contribution in [0.5, 0.6) is 5.75 Å². The number of amides is 2. The number of benzene rings is 2. The minimum atomic E-state index is -0.556. The van der Waals surface area contributed by atoms with Crippen molar-refractivity contribution in [3.8, 4) is 5.75 Å². The van der Waals surface area contributed by atoms with E-state index in [1.165, 1.54) is 4.90 Å². The normalized spacial score (nSPS) is 10.2. The van der Waals surface area contributed by atoms with Gasteiger partial charge in [-0.1, -0.05) is 36.4 Å². The molecule has 2 amide bonds. The van der Waals surface area contributed by atoms with E-state index >= 15 is 0 Å². The maximum Gasteiger partial charge on any atom is 0.415 e. The van der Waals surface area contributed by atoms with E-state index in [4.69, 9.17) is 9.47 Å². The van der Waals surface area contributed by atoms with Crippen LogP contribution in [0.25, 0.3) is 0 Å². The van der Waals surface area contributed by atoms with Gasteiger partial charge in [0.05, 0.1) is 6.10 Å². The van der Waals surface area contributed by atoms with Gasteiger partial charge in [-0.3, -0.25) is 5.32 Å². The Kier molecular flexibility index (Phi) is 6.39. The summed E-state index contributed by atoms with van der Waals surface area (Å²) >= 11 is 0. The van der Waals surface area contributed by atoms with Crippen molar-refractivity contribution >= 4 is 17.9 Å². The lowest BCUT2D eigenvalue weighted by Crippen LogP contribution is -2.29. The third-order valence-corrected chi connectivity index (χ3v) is 3.20. The molecule has 0 aliphatic heterocycles. The molecule has 6 nitrogen and oxygen atoms in total. The minimum Gasteiger partial charge on any atom is -0.447 e. The first kappa shape index (κ1) is 18.3. The molecule has 2 rings (SSSR count). The summed E-state index contributed by atoms with van der Waals surface area (Å²) in [5, 5.41) is 2.59. The molecule has 25 heavy (non-hydrogen) atoms. The van der Waals surface area contributed by atoms with Crippen LogP contribution in [-0.4, -0.2) is 30.2 Å². The molecular weight excluding hydrogens is 320 g/mol. The fraction of sp³-hybridized carbons (Fsp3) is 0.263. The predicted octanol–water partition coefficient (Wildman–Crippen LogP) is 4.27. The third kappa shape index (κ3) is 6.18. The minimum absolute atomic E-state index is 0.215. The molecule has 0 spiro atoms. The van der Waals surface area contributed by atoms with E-state index in [0.29, 0.717) is 18.0 Å². The lowest BCUT2D eigenvalue weighted by Gasteiger charge is -2.17. The summed E-state index contributed by atoms with van der Waals surface area (Å²) in [6.45, 7) is 3.97. The number of nitrogens with one attached hydrogen (secondary N) is 1. The zero-order chi connectivity index (χ0) is 18.2. The van der Waals surface area contributed by atoms with Crippen LogP contribution in [0.15, 0.2) is 54.6 Å². The van der Waals surface area contributed by atoms with Crippen molar-refractivity contribution in [2.24, 2.45) is 0 Å². The van der Waals surface area contributed by atoms with Crippen LogP contribution >= 0.6 is 0 Å². The molecule has 0 bridgehead atoms. The molecule has 0 aromatic heterocycles. The van der Waals surface area contributed by atoms with Crippen LogP contribution in [0, 0.1) is 0 Å². The van der Waals surface area contributed by atoms with Crippen LogP contribution < -0.4 is 10.1 Å². The summed E-state index contributed by atoms with van der Waals surface area (Å²) in [6.07, 6.45) is -1.25. The summed E-state index contributed by atoms with van der Waals surface area (Å²) in [6, 6.07) is 16.2. The van der Waals surface area contributed by atoms with Crippen molar-refractivity contribution < 1.29 is 19.1 Å². The van der Waals surface area contributed by atoms with E-state index in [9.17, 15) is 9.59 Å². The number of hydrogen-bond acceptors (Lipinski definition) is 4. The summed E-state index contributed by atoms with van der Waals surface area (Å²) < 4.78 is 10.4. The smallest absolute Gasteiger partial charge is 0.415 e. The molecule has 2 aromatic rings. The fourth-order valence-corrected chi connectivity index (χ4v) is 2.10. The highest BCUT2D eigenvalue weighted by molar-refractivity contribution is 5.85. The fourth-order valence-electron chi connectivity index (χ4n) is 2.10. The molecule has 0 saturated carbocycles. The second-order valence-electron chi connectivity index (χ2n) is 5.82. The van der Waals surface area contributed by atoms with Crippen LogP contribution in [0.3, 0.4) is 0 Å². The zero-order valence-electron chi connectivity index (χ0n) is 14.6. The van der Waals surface area contributed by atoms with Gasteiger partial charge in [-0.05, 0) is 31.5 Å². The second-order valence-corrected chi connectivity index (χ2v) is 5.82. The summed E-state index contributed by atoms with van der Waals surface area (Å²) in [5.74, 6) is 0.340. The first-order valence-corrected chi connectivity index (χ1v) is 7.98. The highest BCUT2D eigenvalue weighted by Gasteiger charge is 2.13. The largest absolute Gasteiger partial charge is 0.447 e. The first-order valence-electron chi connectivity index (χ1n) is 7.98. The zero-order valence-corrected chi connectivity index (χ0v) is 14.6. The SMILES string of the molecule is CC(C)OC(=O)Nc1cccc(OC(=O)N(C)Cc2ccccc2)c1. The van der Waals surface area contributed by atoms with E-state index in [0.717, 1.165) is 5.56 Å². The highest BCUT2D eigenvalue weighted by Crippen LogP contribution is 2.19. The van der Waals surface area contributed by atoms with Crippen molar-refractivity contribution in [1.82, 2.24) is 4.90 Å². The Hall–Kier alpha value is -3.02. The molecule has 0 aliphatic rings. The van der Waals surface area contributed by atoms with Gasteiger partial charge in [-0.15, -0.1) is 0 Å². The average molecular weight is 342 g/mol. The van der Waals surface area contributed by atoms with Crippen molar-refractivity contribution in [3.05, 3.63) is 60.2 Å². The molecule has 132 valence electrons. The number of carbonyl (C=O) groups is 2. The van der Waals surface area contributed by atoms with E-state index in [2.05, 4.69) is 5.32 Å². The van der Waals surface area contributed by atoms with Gasteiger partial charge in [0.1, 0.15) is 5.75 Å². The average Bonchev–Trinajstić information content (AvgIpc) is 2.55. The standard InChI is InChI=1S/C19H22N2O4/c1-14(2)24-18(22)20-16-10-7-11-17(12-16)25-19(23)21(3)13-15-8-5-4-6-9-15/h4-12,14H,13H2,1-3H3,(H,20,22). The number of anilines is 1. The molecule has 1 N–H and O–H groups in total. The predicted molar refractivity (Wildman–Crippen MR) is 95.6 cm³/mol. The van der Waals surface area contributed by atoms with Gasteiger partial charge in [-0.2, -0.15) is 0 Å². The van der Waals surface area contributed by atoms with Crippen LogP contribution in [0.2, 0.25) is 0 Å². The topological polar surface area (TPSA) is 67.9 Å². The maximum atomic E-state index is 12.2. The molecular formula is C19H22N2O4. The Bertz CT molecular complexity index is 716. The Labute approximate surface area is 147 Å². The number of rotatable bonds is 5. The van der Waals surface area contributed by atoms with E-state index in [1.54, 1.807) is 45.2 Å². The van der Waals surface area contributed by atoms with Crippen molar-refractivity contribution in [1.29, 1.82) is 0 Å². The van der Waals surface area contributed by atoms with E-state index < -0.39 is 12.2 Å². The van der Waals surface area contributed by atoms with Gasteiger partial charge >= 0.3 is 12.2 Å². The third-order valence-electron chi connectivity index (χ3n) is 3.20. The lowest BCUT2D eigenvalue weighted by atomic mass is 10.2. The van der Waals surface area contributed by atoms with Gasteiger partial charge in [0, 0.05) is 25.3 Å². The first-order chi connectivity index (χ1) is 11.9. The van der Waals surface area contributed by atoms with Crippen molar-refractivity contribution in [2.45, 2.75) is 26.5 Å². The molecule has 0 aliphatic carbocycles. The Morgan fingerprint density at radius 2 is 1.80 bits per heavy atom. The molecule has 0 radical (unpaired) electrons. The van der Waals surface area contributed by atoms with Gasteiger partial charge < -0.3 is 14.4 Å². The van der Waals surface area contributed by atoms with E-state index in [-0.39, 0.29) is 6.10 Å². The maximum absolute atomic E-state index is 12.2. The van der Waals surface area contributed by atoms with Crippen molar-refractivity contribution in [2.75, 3.05) is 12.4 Å². The summed E-state index contributed by atoms with van der Waals surface area (Å²) in [4.78, 5) is 25.3. The second kappa shape index (κ2) is 8.73. The van der Waals surface area contributed by atoms with Gasteiger partial charge in [0.25, 0.3) is 0 Å². The lowest BCUT2D eigenvalue weighted by molar-refractivity contribution is 0.130. The Morgan fingerprint density at radius 1 is 1.08 bits per heavy atom. The molecule has 0 unspecified atom stereocenters. The number of hydrogen-bond donors (Lipinski definition) is 1. The quantitative estimate of drug-likeness (QED) is 0.881. The van der Waals surface area contributed by atoms with Crippen LogP contribution in [0.4, 0.5) is 15.3 Å². The molecule has 0 heterocycles. The molecule has 0 atom stereocenters.